The van der Waals surface area contributed by atoms with Gasteiger partial charge in [0.25, 0.3) is 0 Å². The van der Waals surface area contributed by atoms with E-state index in [1.54, 1.807) is 29.0 Å². The number of hydrogen-bond donors (Lipinski definition) is 0. The third-order valence-corrected chi connectivity index (χ3v) is 4.51. The third-order valence-electron chi connectivity index (χ3n) is 3.51. The predicted molar refractivity (Wildman–Crippen MR) is 106 cm³/mol. The second kappa shape index (κ2) is 9.20. The molecule has 134 valence electrons. The highest BCUT2D eigenvalue weighted by molar-refractivity contribution is 7.98. The summed E-state index contributed by atoms with van der Waals surface area (Å²) in [6, 6.07) is 18.2. The van der Waals surface area contributed by atoms with Crippen LogP contribution < -0.4 is 4.74 Å². The van der Waals surface area contributed by atoms with Gasteiger partial charge in [-0.3, -0.25) is 0 Å². The van der Waals surface area contributed by atoms with Gasteiger partial charge in [-0.25, -0.2) is 0 Å². The minimum Gasteiger partial charge on any atom is -0.493 e. The van der Waals surface area contributed by atoms with Gasteiger partial charge < -0.3 is 4.74 Å². The summed E-state index contributed by atoms with van der Waals surface area (Å²) in [5, 5.41) is 13.3. The fourth-order valence-corrected chi connectivity index (χ4v) is 2.98. The van der Waals surface area contributed by atoms with E-state index in [-0.39, 0.29) is 0 Å². The monoisotopic (exact) mass is 366 g/mol. The van der Waals surface area contributed by atoms with Crippen LogP contribution in [0, 0.1) is 5.92 Å². The number of hydrogen-bond acceptors (Lipinski definition) is 5. The molecule has 0 saturated carbocycles. The van der Waals surface area contributed by atoms with Crippen molar-refractivity contribution in [2.24, 2.45) is 11.0 Å². The van der Waals surface area contributed by atoms with Crippen molar-refractivity contribution < 1.29 is 4.74 Å². The van der Waals surface area contributed by atoms with Gasteiger partial charge in [0.05, 0.1) is 12.8 Å². The minimum absolute atomic E-state index is 0.511. The number of thioether (sulfide) groups is 1. The molecule has 0 spiro atoms. The van der Waals surface area contributed by atoms with Crippen molar-refractivity contribution in [3.63, 3.8) is 0 Å². The summed E-state index contributed by atoms with van der Waals surface area (Å²) < 4.78 is 7.38. The number of benzene rings is 2. The van der Waals surface area contributed by atoms with Crippen molar-refractivity contribution in [2.45, 2.75) is 24.8 Å². The number of nitrogens with zero attached hydrogens (tertiary/aromatic N) is 4. The average molecular weight is 366 g/mol. The second-order valence-corrected chi connectivity index (χ2v) is 7.19. The molecule has 0 aliphatic carbocycles. The molecule has 2 aromatic carbocycles. The topological polar surface area (TPSA) is 52.3 Å². The zero-order chi connectivity index (χ0) is 18.2. The minimum atomic E-state index is 0.511. The molecule has 0 N–H and O–H groups in total. The molecular formula is C20H22N4OS. The molecule has 0 fully saturated rings. The molecule has 0 aliphatic heterocycles. The first-order valence-electron chi connectivity index (χ1n) is 8.54. The third kappa shape index (κ3) is 5.46. The van der Waals surface area contributed by atoms with Crippen LogP contribution in [-0.2, 0) is 5.75 Å². The van der Waals surface area contributed by atoms with E-state index in [0.29, 0.717) is 5.92 Å². The molecule has 1 aromatic heterocycles. The molecule has 0 amide bonds. The second-order valence-electron chi connectivity index (χ2n) is 6.25. The molecule has 3 rings (SSSR count). The average Bonchev–Trinajstić information content (AvgIpc) is 3.12. The van der Waals surface area contributed by atoms with Gasteiger partial charge in [-0.1, -0.05) is 55.9 Å². The van der Waals surface area contributed by atoms with E-state index in [4.69, 9.17) is 4.74 Å². The van der Waals surface area contributed by atoms with Crippen LogP contribution >= 0.6 is 11.8 Å². The van der Waals surface area contributed by atoms with Gasteiger partial charge in [0.2, 0.25) is 5.16 Å². The van der Waals surface area contributed by atoms with Crippen LogP contribution in [-0.4, -0.2) is 27.7 Å². The Morgan fingerprint density at radius 2 is 1.88 bits per heavy atom. The Hall–Kier alpha value is -2.60. The number of ether oxygens (including phenoxy) is 1. The van der Waals surface area contributed by atoms with E-state index in [1.807, 2.05) is 42.5 Å². The zero-order valence-corrected chi connectivity index (χ0v) is 15.8. The van der Waals surface area contributed by atoms with Crippen LogP contribution in [0.2, 0.25) is 0 Å². The van der Waals surface area contributed by atoms with Crippen molar-refractivity contribution in [1.29, 1.82) is 0 Å². The lowest BCUT2D eigenvalue weighted by atomic mass is 10.2. The molecule has 0 saturated heterocycles. The molecule has 0 radical (unpaired) electrons. The molecular weight excluding hydrogens is 344 g/mol. The van der Waals surface area contributed by atoms with Crippen LogP contribution in [0.15, 0.2) is 71.2 Å². The van der Waals surface area contributed by atoms with E-state index >= 15 is 0 Å². The van der Waals surface area contributed by atoms with Crippen LogP contribution in [0.1, 0.15) is 25.0 Å². The summed E-state index contributed by atoms with van der Waals surface area (Å²) in [5.41, 5.74) is 2.24. The van der Waals surface area contributed by atoms with Gasteiger partial charge in [0, 0.05) is 5.75 Å². The van der Waals surface area contributed by atoms with Crippen LogP contribution in [0.5, 0.6) is 5.75 Å². The molecule has 1 heterocycles. The van der Waals surface area contributed by atoms with Crippen molar-refractivity contribution in [3.05, 3.63) is 72.1 Å². The Morgan fingerprint density at radius 1 is 1.12 bits per heavy atom. The quantitative estimate of drug-likeness (QED) is 0.435. The lowest BCUT2D eigenvalue weighted by Gasteiger charge is -2.08. The molecule has 0 bridgehead atoms. The summed E-state index contributed by atoms with van der Waals surface area (Å²) >= 11 is 1.61. The SMILES string of the molecule is CC(C)COc1ccc(/C=N\n2cnnc2SCc2ccccc2)cc1. The smallest absolute Gasteiger partial charge is 0.212 e. The fourth-order valence-electron chi connectivity index (χ4n) is 2.16. The normalized spacial score (nSPS) is 11.3. The van der Waals surface area contributed by atoms with E-state index in [2.05, 4.69) is 41.3 Å². The Labute approximate surface area is 158 Å². The Morgan fingerprint density at radius 3 is 2.62 bits per heavy atom. The summed E-state index contributed by atoms with van der Waals surface area (Å²) in [4.78, 5) is 0. The van der Waals surface area contributed by atoms with Crippen molar-refractivity contribution in [2.75, 3.05) is 6.61 Å². The molecule has 26 heavy (non-hydrogen) atoms. The van der Waals surface area contributed by atoms with Crippen molar-refractivity contribution in [3.8, 4) is 5.75 Å². The van der Waals surface area contributed by atoms with Gasteiger partial charge in [-0.15, -0.1) is 10.2 Å². The van der Waals surface area contributed by atoms with Crippen molar-refractivity contribution >= 4 is 18.0 Å². The standard InChI is InChI=1S/C20H22N4OS/c1-16(2)13-25-19-10-8-17(9-11-19)12-22-24-15-21-23-20(24)26-14-18-6-4-3-5-7-18/h3-12,15-16H,13-14H2,1-2H3/b22-12-. The van der Waals surface area contributed by atoms with Crippen LogP contribution in [0.4, 0.5) is 0 Å². The Bertz CT molecular complexity index is 829. The van der Waals surface area contributed by atoms with Gasteiger partial charge in [0.1, 0.15) is 12.1 Å². The summed E-state index contributed by atoms with van der Waals surface area (Å²) in [7, 11) is 0. The first-order valence-corrected chi connectivity index (χ1v) is 9.53. The van der Waals surface area contributed by atoms with E-state index < -0.39 is 0 Å². The lowest BCUT2D eigenvalue weighted by molar-refractivity contribution is 0.271. The summed E-state index contributed by atoms with van der Waals surface area (Å²) in [5.74, 6) is 2.22. The van der Waals surface area contributed by atoms with Gasteiger partial charge >= 0.3 is 0 Å². The first-order chi connectivity index (χ1) is 12.7. The molecule has 0 aliphatic rings. The first kappa shape index (κ1) is 18.2. The largest absolute Gasteiger partial charge is 0.493 e. The van der Waals surface area contributed by atoms with E-state index in [0.717, 1.165) is 28.8 Å². The molecule has 3 aromatic rings. The number of aromatic nitrogens is 3. The maximum Gasteiger partial charge on any atom is 0.212 e. The predicted octanol–water partition coefficient (Wildman–Crippen LogP) is 4.49. The summed E-state index contributed by atoms with van der Waals surface area (Å²) in [6.07, 6.45) is 3.41. The van der Waals surface area contributed by atoms with E-state index in [9.17, 15) is 0 Å². The highest BCUT2D eigenvalue weighted by Crippen LogP contribution is 2.20. The van der Waals surface area contributed by atoms with Gasteiger partial charge in [0.15, 0.2) is 0 Å². The van der Waals surface area contributed by atoms with Crippen molar-refractivity contribution in [1.82, 2.24) is 14.9 Å². The highest BCUT2D eigenvalue weighted by atomic mass is 32.2. The Kier molecular flexibility index (Phi) is 6.44. The van der Waals surface area contributed by atoms with Gasteiger partial charge in [-0.2, -0.15) is 9.78 Å². The highest BCUT2D eigenvalue weighted by Gasteiger charge is 2.04. The zero-order valence-electron chi connectivity index (χ0n) is 14.9. The molecule has 0 atom stereocenters. The van der Waals surface area contributed by atoms with Crippen LogP contribution in [0.3, 0.4) is 0 Å². The molecule has 0 unspecified atom stereocenters. The summed E-state index contributed by atoms with van der Waals surface area (Å²) in [6.45, 7) is 4.98. The van der Waals surface area contributed by atoms with E-state index in [1.165, 1.54) is 5.56 Å². The fraction of sp³-hybridized carbons (Fsp3) is 0.250. The molecule has 5 nitrogen and oxygen atoms in total. The van der Waals surface area contributed by atoms with Gasteiger partial charge in [-0.05, 0) is 41.3 Å². The molecule has 6 heteroatoms. The number of rotatable bonds is 8. The lowest BCUT2D eigenvalue weighted by Crippen LogP contribution is -2.04. The van der Waals surface area contributed by atoms with Crippen LogP contribution in [0.25, 0.3) is 0 Å². The Balaban J connectivity index is 1.59. The maximum absolute atomic E-state index is 5.69. The maximum atomic E-state index is 5.69.